The molecule has 0 aliphatic rings. The number of hydrogen-bond donors (Lipinski definition) is 0. The number of aromatic nitrogens is 2. The fourth-order valence-corrected chi connectivity index (χ4v) is 3.24. The molecule has 3 nitrogen and oxygen atoms in total. The first-order chi connectivity index (χ1) is 11.7. The highest BCUT2D eigenvalue weighted by atomic mass is 35.5. The summed E-state index contributed by atoms with van der Waals surface area (Å²) in [6.07, 6.45) is 0. The number of nitrogens with zero attached hydrogens (tertiary/aromatic N) is 2. The van der Waals surface area contributed by atoms with Crippen LogP contribution in [0.1, 0.15) is 5.82 Å². The van der Waals surface area contributed by atoms with Crippen molar-refractivity contribution in [2.24, 2.45) is 0 Å². The maximum Gasteiger partial charge on any atom is 0.128 e. The van der Waals surface area contributed by atoms with Gasteiger partial charge in [0.15, 0.2) is 0 Å². The molecule has 1 heterocycles. The van der Waals surface area contributed by atoms with Crippen LogP contribution in [-0.2, 0) is 0 Å². The van der Waals surface area contributed by atoms with Gasteiger partial charge in [0, 0.05) is 10.4 Å². The van der Waals surface area contributed by atoms with Gasteiger partial charge in [0.2, 0.25) is 0 Å². The lowest BCUT2D eigenvalue weighted by atomic mass is 9.98. The quantitative estimate of drug-likeness (QED) is 0.491. The summed E-state index contributed by atoms with van der Waals surface area (Å²) < 4.78 is 5.63. The lowest BCUT2D eigenvalue weighted by molar-refractivity contribution is 0.417. The second kappa shape index (κ2) is 5.77. The van der Waals surface area contributed by atoms with Crippen LogP contribution in [0, 0.1) is 6.92 Å². The molecule has 0 spiro atoms. The largest absolute Gasteiger partial charge is 0.496 e. The van der Waals surface area contributed by atoms with Crippen LogP contribution in [0.15, 0.2) is 54.6 Å². The monoisotopic (exact) mass is 334 g/mol. The Labute approximate surface area is 144 Å². The van der Waals surface area contributed by atoms with Crippen LogP contribution in [-0.4, -0.2) is 17.1 Å². The molecule has 0 amide bonds. The van der Waals surface area contributed by atoms with Gasteiger partial charge in [-0.3, -0.25) is 0 Å². The molecule has 0 unspecified atom stereocenters. The van der Waals surface area contributed by atoms with Crippen LogP contribution in [0.4, 0.5) is 0 Å². The molecule has 3 aromatic carbocycles. The Morgan fingerprint density at radius 1 is 0.917 bits per heavy atom. The Morgan fingerprint density at radius 3 is 2.58 bits per heavy atom. The summed E-state index contributed by atoms with van der Waals surface area (Å²) in [6.45, 7) is 1.89. The fraction of sp³-hybridized carbons (Fsp3) is 0.100. The van der Waals surface area contributed by atoms with Crippen LogP contribution >= 0.6 is 11.6 Å². The van der Waals surface area contributed by atoms with Crippen molar-refractivity contribution < 1.29 is 4.74 Å². The van der Waals surface area contributed by atoms with E-state index in [-0.39, 0.29) is 0 Å². The fourth-order valence-electron chi connectivity index (χ4n) is 3.08. The number of fused-ring (bicyclic) bond motifs is 2. The van der Waals surface area contributed by atoms with Gasteiger partial charge in [0.1, 0.15) is 11.6 Å². The van der Waals surface area contributed by atoms with Crippen molar-refractivity contribution in [3.8, 4) is 17.0 Å². The molecule has 0 fully saturated rings. The van der Waals surface area contributed by atoms with Gasteiger partial charge in [0.05, 0.1) is 23.9 Å². The number of methoxy groups -OCH3 is 1. The third kappa shape index (κ3) is 2.38. The standard InChI is InChI=1S/C20H15ClN2O/c1-12-22-17-11-14(21)8-9-16(17)20(23-12)19-15-6-4-3-5-13(15)7-10-18(19)24-2/h3-11H,1-2H3. The summed E-state index contributed by atoms with van der Waals surface area (Å²) in [6, 6.07) is 18.0. The topological polar surface area (TPSA) is 35.0 Å². The molecular weight excluding hydrogens is 320 g/mol. The van der Waals surface area contributed by atoms with E-state index in [0.29, 0.717) is 10.8 Å². The molecule has 0 N–H and O–H groups in total. The number of aryl methyl sites for hydroxylation is 1. The molecule has 4 aromatic rings. The first-order valence-electron chi connectivity index (χ1n) is 7.67. The van der Waals surface area contributed by atoms with Crippen LogP contribution in [0.5, 0.6) is 5.75 Å². The number of benzene rings is 3. The molecule has 0 atom stereocenters. The zero-order chi connectivity index (χ0) is 16.7. The summed E-state index contributed by atoms with van der Waals surface area (Å²) in [5.74, 6) is 1.50. The van der Waals surface area contributed by atoms with E-state index in [4.69, 9.17) is 21.3 Å². The third-order valence-corrected chi connectivity index (χ3v) is 4.35. The second-order valence-corrected chi connectivity index (χ2v) is 6.08. The van der Waals surface area contributed by atoms with E-state index in [1.54, 1.807) is 7.11 Å². The normalized spacial score (nSPS) is 11.1. The van der Waals surface area contributed by atoms with E-state index >= 15 is 0 Å². The Balaban J connectivity index is 2.17. The van der Waals surface area contributed by atoms with Gasteiger partial charge < -0.3 is 4.74 Å². The summed E-state index contributed by atoms with van der Waals surface area (Å²) >= 11 is 6.14. The lowest BCUT2D eigenvalue weighted by Crippen LogP contribution is -1.97. The highest BCUT2D eigenvalue weighted by Gasteiger charge is 2.16. The number of ether oxygens (including phenoxy) is 1. The molecule has 0 aliphatic carbocycles. The lowest BCUT2D eigenvalue weighted by Gasteiger charge is -2.14. The maximum absolute atomic E-state index is 6.14. The summed E-state index contributed by atoms with van der Waals surface area (Å²) in [4.78, 5) is 9.25. The zero-order valence-electron chi connectivity index (χ0n) is 13.4. The molecule has 4 rings (SSSR count). The number of hydrogen-bond acceptors (Lipinski definition) is 3. The first-order valence-corrected chi connectivity index (χ1v) is 8.05. The molecule has 0 aliphatic heterocycles. The molecule has 0 bridgehead atoms. The minimum absolute atomic E-state index is 0.663. The van der Waals surface area contributed by atoms with E-state index < -0.39 is 0 Å². The van der Waals surface area contributed by atoms with Gasteiger partial charge in [0.25, 0.3) is 0 Å². The average molecular weight is 335 g/mol. The predicted molar refractivity (Wildman–Crippen MR) is 98.8 cm³/mol. The number of rotatable bonds is 2. The van der Waals surface area contributed by atoms with Gasteiger partial charge >= 0.3 is 0 Å². The Morgan fingerprint density at radius 2 is 1.75 bits per heavy atom. The molecule has 4 heteroatoms. The van der Waals surface area contributed by atoms with Gasteiger partial charge in [-0.25, -0.2) is 9.97 Å². The second-order valence-electron chi connectivity index (χ2n) is 5.64. The van der Waals surface area contributed by atoms with Crippen molar-refractivity contribution in [2.45, 2.75) is 6.92 Å². The van der Waals surface area contributed by atoms with Crippen molar-refractivity contribution in [2.75, 3.05) is 7.11 Å². The Hall–Kier alpha value is -2.65. The smallest absolute Gasteiger partial charge is 0.128 e. The Bertz CT molecular complexity index is 1070. The van der Waals surface area contributed by atoms with Crippen molar-refractivity contribution in [3.63, 3.8) is 0 Å². The van der Waals surface area contributed by atoms with Gasteiger partial charge in [-0.15, -0.1) is 0 Å². The third-order valence-electron chi connectivity index (χ3n) is 4.12. The maximum atomic E-state index is 6.14. The molecule has 118 valence electrons. The van der Waals surface area contributed by atoms with Crippen molar-refractivity contribution in [3.05, 3.63) is 65.4 Å². The predicted octanol–water partition coefficient (Wildman–Crippen LogP) is 5.42. The summed E-state index contributed by atoms with van der Waals surface area (Å²) in [7, 11) is 1.68. The Kier molecular flexibility index (Phi) is 3.58. The zero-order valence-corrected chi connectivity index (χ0v) is 14.1. The van der Waals surface area contributed by atoms with E-state index in [1.807, 2.05) is 43.3 Å². The summed E-state index contributed by atoms with van der Waals surface area (Å²) in [5, 5.41) is 3.87. The highest BCUT2D eigenvalue weighted by Crippen LogP contribution is 2.39. The van der Waals surface area contributed by atoms with E-state index in [1.165, 1.54) is 0 Å². The molecule has 0 radical (unpaired) electrons. The molecule has 0 saturated carbocycles. The SMILES string of the molecule is COc1ccc2ccccc2c1-c1nc(C)nc2cc(Cl)ccc12. The van der Waals surface area contributed by atoms with Crippen LogP contribution < -0.4 is 4.74 Å². The van der Waals surface area contributed by atoms with Crippen molar-refractivity contribution in [1.29, 1.82) is 0 Å². The van der Waals surface area contributed by atoms with E-state index in [9.17, 15) is 0 Å². The number of halogens is 1. The van der Waals surface area contributed by atoms with Gasteiger partial charge in [-0.2, -0.15) is 0 Å². The minimum Gasteiger partial charge on any atom is -0.496 e. The van der Waals surface area contributed by atoms with Gasteiger partial charge in [-0.05, 0) is 42.0 Å². The molecule has 0 saturated heterocycles. The van der Waals surface area contributed by atoms with Crippen molar-refractivity contribution >= 4 is 33.3 Å². The molecular formula is C20H15ClN2O. The van der Waals surface area contributed by atoms with Crippen LogP contribution in [0.25, 0.3) is 32.9 Å². The minimum atomic E-state index is 0.663. The van der Waals surface area contributed by atoms with Crippen LogP contribution in [0.3, 0.4) is 0 Å². The highest BCUT2D eigenvalue weighted by molar-refractivity contribution is 6.31. The van der Waals surface area contributed by atoms with Crippen molar-refractivity contribution in [1.82, 2.24) is 9.97 Å². The van der Waals surface area contributed by atoms with Gasteiger partial charge in [-0.1, -0.05) is 41.9 Å². The van der Waals surface area contributed by atoms with E-state index in [0.717, 1.165) is 38.7 Å². The molecule has 1 aromatic heterocycles. The average Bonchev–Trinajstić information content (AvgIpc) is 2.59. The van der Waals surface area contributed by atoms with Crippen LogP contribution in [0.2, 0.25) is 5.02 Å². The first kappa shape index (κ1) is 14.9. The summed E-state index contributed by atoms with van der Waals surface area (Å²) in [5.41, 5.74) is 2.68. The molecule has 24 heavy (non-hydrogen) atoms. The van der Waals surface area contributed by atoms with E-state index in [2.05, 4.69) is 23.2 Å².